The van der Waals surface area contributed by atoms with Crippen LogP contribution in [0.4, 0.5) is 0 Å². The molecule has 0 saturated carbocycles. The molecule has 18 heavy (non-hydrogen) atoms. The van der Waals surface area contributed by atoms with Gasteiger partial charge in [0, 0.05) is 6.54 Å². The molecule has 0 atom stereocenters. The van der Waals surface area contributed by atoms with Crippen LogP contribution < -0.4 is 10.5 Å². The second-order valence-electron chi connectivity index (χ2n) is 4.63. The Labute approximate surface area is 112 Å². The molecule has 0 aliphatic rings. The zero-order chi connectivity index (χ0) is 13.8. The molecule has 5 heteroatoms. The van der Waals surface area contributed by atoms with E-state index >= 15 is 0 Å². The number of carbonyl (C=O) groups is 1. The van der Waals surface area contributed by atoms with E-state index in [4.69, 9.17) is 26.8 Å². The Kier molecular flexibility index (Phi) is 4.99. The molecule has 1 aromatic rings. The first kappa shape index (κ1) is 14.8. The number of methoxy groups -OCH3 is 1. The lowest BCUT2D eigenvalue weighted by molar-refractivity contribution is -0.152. The van der Waals surface area contributed by atoms with Crippen LogP contribution >= 0.6 is 11.6 Å². The third-order valence-corrected chi connectivity index (χ3v) is 2.85. The number of halogens is 1. The fraction of sp³-hybridized carbons (Fsp3) is 0.462. The van der Waals surface area contributed by atoms with Gasteiger partial charge in [0.15, 0.2) is 0 Å². The minimum absolute atomic E-state index is 0.196. The van der Waals surface area contributed by atoms with Crippen molar-refractivity contribution in [1.29, 1.82) is 0 Å². The van der Waals surface area contributed by atoms with Crippen LogP contribution in [0.15, 0.2) is 18.2 Å². The van der Waals surface area contributed by atoms with Crippen molar-refractivity contribution >= 4 is 17.6 Å². The largest absolute Gasteiger partial charge is 0.491 e. The van der Waals surface area contributed by atoms with E-state index in [-0.39, 0.29) is 12.6 Å². The zero-order valence-electron chi connectivity index (χ0n) is 10.8. The first-order valence-electron chi connectivity index (χ1n) is 5.60. The molecule has 0 fully saturated rings. The van der Waals surface area contributed by atoms with E-state index in [0.29, 0.717) is 17.3 Å². The smallest absolute Gasteiger partial charge is 0.314 e. The highest BCUT2D eigenvalue weighted by Crippen LogP contribution is 2.27. The number of rotatable bonds is 5. The molecule has 1 rings (SSSR count). The first-order chi connectivity index (χ1) is 8.40. The molecule has 0 heterocycles. The molecule has 0 saturated heterocycles. The van der Waals surface area contributed by atoms with Gasteiger partial charge in [-0.3, -0.25) is 4.79 Å². The van der Waals surface area contributed by atoms with E-state index in [1.165, 1.54) is 7.11 Å². The van der Waals surface area contributed by atoms with Gasteiger partial charge in [0.05, 0.1) is 17.5 Å². The van der Waals surface area contributed by atoms with Gasteiger partial charge in [0.25, 0.3) is 0 Å². The van der Waals surface area contributed by atoms with Crippen molar-refractivity contribution in [2.75, 3.05) is 13.7 Å². The molecule has 0 radical (unpaired) electrons. The fourth-order valence-corrected chi connectivity index (χ4v) is 1.64. The van der Waals surface area contributed by atoms with Gasteiger partial charge in [-0.25, -0.2) is 0 Å². The van der Waals surface area contributed by atoms with Gasteiger partial charge in [0.2, 0.25) is 0 Å². The van der Waals surface area contributed by atoms with Crippen LogP contribution in [0.3, 0.4) is 0 Å². The Balaban J connectivity index is 2.72. The van der Waals surface area contributed by atoms with Crippen molar-refractivity contribution in [3.63, 3.8) is 0 Å². The molecule has 0 aliphatic carbocycles. The van der Waals surface area contributed by atoms with Gasteiger partial charge in [-0.2, -0.15) is 0 Å². The summed E-state index contributed by atoms with van der Waals surface area (Å²) in [4.78, 5) is 11.5. The fourth-order valence-electron chi connectivity index (χ4n) is 1.38. The maximum atomic E-state index is 11.5. The van der Waals surface area contributed by atoms with Gasteiger partial charge < -0.3 is 15.2 Å². The first-order valence-corrected chi connectivity index (χ1v) is 5.98. The van der Waals surface area contributed by atoms with Crippen LogP contribution in [0.1, 0.15) is 19.4 Å². The van der Waals surface area contributed by atoms with Crippen molar-refractivity contribution < 1.29 is 14.3 Å². The van der Waals surface area contributed by atoms with E-state index in [2.05, 4.69) is 0 Å². The average Bonchev–Trinajstić information content (AvgIpc) is 2.36. The Morgan fingerprint density at radius 2 is 2.11 bits per heavy atom. The van der Waals surface area contributed by atoms with Crippen LogP contribution in [0.25, 0.3) is 0 Å². The van der Waals surface area contributed by atoms with Gasteiger partial charge >= 0.3 is 5.97 Å². The Bertz CT molecular complexity index is 432. The second-order valence-corrected chi connectivity index (χ2v) is 5.04. The summed E-state index contributed by atoms with van der Waals surface area (Å²) in [6, 6.07) is 5.34. The molecule has 1 aromatic carbocycles. The van der Waals surface area contributed by atoms with Gasteiger partial charge in [-0.05, 0) is 31.5 Å². The Morgan fingerprint density at radius 3 is 2.61 bits per heavy atom. The highest BCUT2D eigenvalue weighted by atomic mass is 35.5. The molecule has 0 unspecified atom stereocenters. The molecule has 0 bridgehead atoms. The van der Waals surface area contributed by atoms with E-state index in [1.807, 2.05) is 6.07 Å². The van der Waals surface area contributed by atoms with Gasteiger partial charge in [-0.1, -0.05) is 17.7 Å². The lowest BCUT2D eigenvalue weighted by Crippen LogP contribution is -2.32. The highest BCUT2D eigenvalue weighted by Gasteiger charge is 2.29. The number of nitrogens with two attached hydrogens (primary N) is 1. The molecular formula is C13H18ClNO3. The normalized spacial score (nSPS) is 11.2. The van der Waals surface area contributed by atoms with E-state index in [9.17, 15) is 4.79 Å². The molecular weight excluding hydrogens is 254 g/mol. The quantitative estimate of drug-likeness (QED) is 0.835. The maximum absolute atomic E-state index is 11.5. The summed E-state index contributed by atoms with van der Waals surface area (Å²) in [5.74, 6) is 0.211. The predicted molar refractivity (Wildman–Crippen MR) is 70.6 cm³/mol. The summed E-state index contributed by atoms with van der Waals surface area (Å²) in [6.45, 7) is 4.12. The summed E-state index contributed by atoms with van der Waals surface area (Å²) >= 11 is 6.05. The van der Waals surface area contributed by atoms with Crippen LogP contribution in [-0.4, -0.2) is 19.7 Å². The zero-order valence-corrected chi connectivity index (χ0v) is 11.6. The lowest BCUT2D eigenvalue weighted by atomic mass is 9.95. The van der Waals surface area contributed by atoms with Crippen molar-refractivity contribution in [3.05, 3.63) is 28.8 Å². The van der Waals surface area contributed by atoms with E-state index in [0.717, 1.165) is 5.56 Å². The lowest BCUT2D eigenvalue weighted by Gasteiger charge is -2.22. The van der Waals surface area contributed by atoms with Crippen LogP contribution in [-0.2, 0) is 16.1 Å². The predicted octanol–water partition coefficient (Wildman–Crippen LogP) is 2.38. The van der Waals surface area contributed by atoms with Crippen LogP contribution in [0.5, 0.6) is 5.75 Å². The summed E-state index contributed by atoms with van der Waals surface area (Å²) in [5, 5.41) is 0.485. The molecule has 0 aromatic heterocycles. The number of benzene rings is 1. The van der Waals surface area contributed by atoms with Crippen molar-refractivity contribution in [2.24, 2.45) is 11.1 Å². The number of esters is 1. The summed E-state index contributed by atoms with van der Waals surface area (Å²) < 4.78 is 10.3. The maximum Gasteiger partial charge on any atom is 0.314 e. The third kappa shape index (κ3) is 3.62. The summed E-state index contributed by atoms with van der Waals surface area (Å²) in [7, 11) is 1.35. The van der Waals surface area contributed by atoms with Crippen molar-refractivity contribution in [1.82, 2.24) is 0 Å². The van der Waals surface area contributed by atoms with Gasteiger partial charge in [0.1, 0.15) is 12.4 Å². The second kappa shape index (κ2) is 6.07. The van der Waals surface area contributed by atoms with E-state index < -0.39 is 5.41 Å². The monoisotopic (exact) mass is 271 g/mol. The highest BCUT2D eigenvalue weighted by molar-refractivity contribution is 6.32. The van der Waals surface area contributed by atoms with Crippen molar-refractivity contribution in [2.45, 2.75) is 20.4 Å². The van der Waals surface area contributed by atoms with Crippen LogP contribution in [0.2, 0.25) is 5.02 Å². The van der Waals surface area contributed by atoms with E-state index in [1.54, 1.807) is 26.0 Å². The SMILES string of the molecule is COC(=O)C(C)(C)COc1ccc(CN)cc1Cl. The summed E-state index contributed by atoms with van der Waals surface area (Å²) in [5.41, 5.74) is 5.72. The molecule has 100 valence electrons. The molecule has 4 nitrogen and oxygen atoms in total. The minimum atomic E-state index is -0.718. The minimum Gasteiger partial charge on any atom is -0.491 e. The van der Waals surface area contributed by atoms with Crippen LogP contribution in [0, 0.1) is 5.41 Å². The number of hydrogen-bond acceptors (Lipinski definition) is 4. The Hall–Kier alpha value is -1.26. The average molecular weight is 272 g/mol. The standard InChI is InChI=1S/C13H18ClNO3/c1-13(2,12(16)17-3)8-18-11-5-4-9(7-15)6-10(11)14/h4-6H,7-8,15H2,1-3H3. The number of ether oxygens (including phenoxy) is 2. The molecule has 0 amide bonds. The molecule has 0 aliphatic heterocycles. The number of hydrogen-bond donors (Lipinski definition) is 1. The van der Waals surface area contributed by atoms with Crippen molar-refractivity contribution in [3.8, 4) is 5.75 Å². The Morgan fingerprint density at radius 1 is 1.44 bits per heavy atom. The molecule has 0 spiro atoms. The van der Waals surface area contributed by atoms with Gasteiger partial charge in [-0.15, -0.1) is 0 Å². The molecule has 2 N–H and O–H groups in total. The summed E-state index contributed by atoms with van der Waals surface area (Å²) in [6.07, 6.45) is 0. The number of carbonyl (C=O) groups excluding carboxylic acids is 1. The third-order valence-electron chi connectivity index (χ3n) is 2.56. The topological polar surface area (TPSA) is 61.5 Å².